The molecule has 0 radical (unpaired) electrons. The molecule has 1 heterocycles. The van der Waals surface area contributed by atoms with Crippen LogP contribution in [0.1, 0.15) is 30.0 Å². The number of alkyl halides is 3. The van der Waals surface area contributed by atoms with Gasteiger partial charge in [-0.15, -0.1) is 13.2 Å². The molecule has 1 aromatic carbocycles. The van der Waals surface area contributed by atoms with Crippen molar-refractivity contribution in [2.75, 3.05) is 0 Å². The third-order valence-corrected chi connectivity index (χ3v) is 2.93. The summed E-state index contributed by atoms with van der Waals surface area (Å²) in [6.45, 7) is 4.19. The van der Waals surface area contributed by atoms with Gasteiger partial charge in [0.15, 0.2) is 0 Å². The van der Waals surface area contributed by atoms with Crippen molar-refractivity contribution in [1.82, 2.24) is 5.32 Å². The minimum atomic E-state index is -4.68. The number of halogens is 3. The zero-order valence-corrected chi connectivity index (χ0v) is 11.7. The number of furan rings is 1. The molecule has 0 saturated carbocycles. The van der Waals surface area contributed by atoms with Gasteiger partial charge in [0.05, 0.1) is 6.04 Å². The van der Waals surface area contributed by atoms with E-state index in [9.17, 15) is 13.2 Å². The van der Waals surface area contributed by atoms with Crippen LogP contribution in [-0.4, -0.2) is 6.36 Å². The molecule has 1 N–H and O–H groups in total. The highest BCUT2D eigenvalue weighted by atomic mass is 19.4. The van der Waals surface area contributed by atoms with Gasteiger partial charge in [-0.1, -0.05) is 12.1 Å². The van der Waals surface area contributed by atoms with Gasteiger partial charge in [-0.3, -0.25) is 0 Å². The van der Waals surface area contributed by atoms with Crippen LogP contribution >= 0.6 is 0 Å². The molecule has 0 spiro atoms. The number of ether oxygens (including phenoxy) is 1. The maximum absolute atomic E-state index is 12.2. The van der Waals surface area contributed by atoms with Crippen LogP contribution in [0.25, 0.3) is 0 Å². The Kier molecular flexibility index (Phi) is 4.57. The van der Waals surface area contributed by atoms with Gasteiger partial charge in [0, 0.05) is 6.54 Å². The van der Waals surface area contributed by atoms with Crippen molar-refractivity contribution >= 4 is 0 Å². The Morgan fingerprint density at radius 2 is 2.00 bits per heavy atom. The maximum atomic E-state index is 12.2. The molecule has 0 bridgehead atoms. The van der Waals surface area contributed by atoms with E-state index in [0.717, 1.165) is 11.5 Å². The number of hydrogen-bond donors (Lipinski definition) is 1. The van der Waals surface area contributed by atoms with E-state index in [1.165, 1.54) is 18.2 Å². The highest BCUT2D eigenvalue weighted by molar-refractivity contribution is 5.28. The van der Waals surface area contributed by atoms with Crippen molar-refractivity contribution < 1.29 is 22.3 Å². The van der Waals surface area contributed by atoms with Crippen molar-refractivity contribution in [1.29, 1.82) is 0 Å². The van der Waals surface area contributed by atoms with Gasteiger partial charge in [0.25, 0.3) is 0 Å². The lowest BCUT2D eigenvalue weighted by atomic mass is 10.2. The number of hydrogen-bond acceptors (Lipinski definition) is 3. The average Bonchev–Trinajstić information content (AvgIpc) is 2.81. The minimum Gasteiger partial charge on any atom is -0.465 e. The lowest BCUT2D eigenvalue weighted by Crippen LogP contribution is -2.19. The molecule has 0 amide bonds. The monoisotopic (exact) mass is 299 g/mol. The van der Waals surface area contributed by atoms with Gasteiger partial charge in [-0.2, -0.15) is 0 Å². The first-order valence-electron chi connectivity index (χ1n) is 6.48. The molecular weight excluding hydrogens is 283 g/mol. The molecule has 0 aliphatic carbocycles. The summed E-state index contributed by atoms with van der Waals surface area (Å²) >= 11 is 0. The Hall–Kier alpha value is -1.95. The standard InChI is InChI=1S/C15H16F3NO2/c1-10-6-7-14(20-10)11(2)19-9-12-4-3-5-13(8-12)21-15(16,17)18/h3-8,11,19H,9H2,1-2H3. The third kappa shape index (κ3) is 4.82. The molecule has 2 rings (SSSR count). The van der Waals surface area contributed by atoms with Crippen molar-refractivity contribution in [3.63, 3.8) is 0 Å². The quantitative estimate of drug-likeness (QED) is 0.892. The zero-order valence-electron chi connectivity index (χ0n) is 11.7. The maximum Gasteiger partial charge on any atom is 0.573 e. The van der Waals surface area contributed by atoms with Crippen LogP contribution in [0.5, 0.6) is 5.75 Å². The molecular formula is C15H16F3NO2. The molecule has 0 aliphatic heterocycles. The number of aryl methyl sites for hydroxylation is 1. The second-order valence-corrected chi connectivity index (χ2v) is 4.75. The first-order chi connectivity index (χ1) is 9.83. The largest absolute Gasteiger partial charge is 0.573 e. The molecule has 21 heavy (non-hydrogen) atoms. The Labute approximate surface area is 120 Å². The molecule has 0 fully saturated rings. The highest BCUT2D eigenvalue weighted by Gasteiger charge is 2.31. The van der Waals surface area contributed by atoms with Crippen LogP contribution in [0.3, 0.4) is 0 Å². The molecule has 1 atom stereocenters. The van der Waals surface area contributed by atoms with E-state index in [0.29, 0.717) is 12.1 Å². The van der Waals surface area contributed by atoms with Crippen LogP contribution in [0.2, 0.25) is 0 Å². The van der Waals surface area contributed by atoms with Gasteiger partial charge >= 0.3 is 6.36 Å². The van der Waals surface area contributed by atoms with E-state index >= 15 is 0 Å². The summed E-state index contributed by atoms with van der Waals surface area (Å²) in [5.74, 6) is 1.39. The predicted octanol–water partition coefficient (Wildman–Crippen LogP) is 4.34. The smallest absolute Gasteiger partial charge is 0.465 e. The SMILES string of the molecule is Cc1ccc(C(C)NCc2cccc(OC(F)(F)F)c2)o1. The topological polar surface area (TPSA) is 34.4 Å². The second kappa shape index (κ2) is 6.22. The predicted molar refractivity (Wildman–Crippen MR) is 71.8 cm³/mol. The summed E-state index contributed by atoms with van der Waals surface area (Å²) in [6.07, 6.45) is -4.68. The van der Waals surface area contributed by atoms with Crippen LogP contribution in [0.15, 0.2) is 40.8 Å². The van der Waals surface area contributed by atoms with Crippen molar-refractivity contribution in [3.05, 3.63) is 53.5 Å². The molecule has 6 heteroatoms. The number of benzene rings is 1. The fourth-order valence-electron chi connectivity index (χ4n) is 1.91. The van der Waals surface area contributed by atoms with Crippen molar-refractivity contribution in [2.24, 2.45) is 0 Å². The van der Waals surface area contributed by atoms with Crippen LogP contribution in [-0.2, 0) is 6.54 Å². The van der Waals surface area contributed by atoms with E-state index in [2.05, 4.69) is 10.1 Å². The van der Waals surface area contributed by atoms with Gasteiger partial charge in [-0.25, -0.2) is 0 Å². The normalized spacial score (nSPS) is 13.2. The average molecular weight is 299 g/mol. The van der Waals surface area contributed by atoms with Crippen LogP contribution in [0, 0.1) is 6.92 Å². The summed E-state index contributed by atoms with van der Waals surface area (Å²) in [6, 6.07) is 9.60. The van der Waals surface area contributed by atoms with Crippen molar-refractivity contribution in [3.8, 4) is 5.75 Å². The Bertz CT molecular complexity index is 593. The Balaban J connectivity index is 1.95. The fourth-order valence-corrected chi connectivity index (χ4v) is 1.91. The van der Waals surface area contributed by atoms with E-state index < -0.39 is 6.36 Å². The summed E-state index contributed by atoms with van der Waals surface area (Å²) in [7, 11) is 0. The molecule has 1 aromatic heterocycles. The van der Waals surface area contributed by atoms with Gasteiger partial charge < -0.3 is 14.5 Å². The number of nitrogens with one attached hydrogen (secondary N) is 1. The van der Waals surface area contributed by atoms with E-state index in [1.54, 1.807) is 6.07 Å². The van der Waals surface area contributed by atoms with E-state index in [4.69, 9.17) is 4.42 Å². The Morgan fingerprint density at radius 1 is 1.24 bits per heavy atom. The fraction of sp³-hybridized carbons (Fsp3) is 0.333. The third-order valence-electron chi connectivity index (χ3n) is 2.93. The summed E-state index contributed by atoms with van der Waals surface area (Å²) in [5.41, 5.74) is 0.701. The minimum absolute atomic E-state index is 0.0362. The van der Waals surface area contributed by atoms with E-state index in [-0.39, 0.29) is 11.8 Å². The van der Waals surface area contributed by atoms with Crippen molar-refractivity contribution in [2.45, 2.75) is 32.8 Å². The molecule has 1 unspecified atom stereocenters. The van der Waals surface area contributed by atoms with Gasteiger partial charge in [0.2, 0.25) is 0 Å². The Morgan fingerprint density at radius 3 is 2.62 bits per heavy atom. The van der Waals surface area contributed by atoms with Crippen LogP contribution in [0.4, 0.5) is 13.2 Å². The van der Waals surface area contributed by atoms with E-state index in [1.807, 2.05) is 26.0 Å². The first-order valence-corrected chi connectivity index (χ1v) is 6.48. The summed E-state index contributed by atoms with van der Waals surface area (Å²) < 4.78 is 45.9. The first kappa shape index (κ1) is 15.4. The lowest BCUT2D eigenvalue weighted by Gasteiger charge is -2.13. The molecule has 0 aliphatic rings. The summed E-state index contributed by atoms with van der Waals surface area (Å²) in [4.78, 5) is 0. The van der Waals surface area contributed by atoms with Crippen LogP contribution < -0.4 is 10.1 Å². The van der Waals surface area contributed by atoms with Gasteiger partial charge in [-0.05, 0) is 43.7 Å². The molecule has 3 nitrogen and oxygen atoms in total. The molecule has 0 saturated heterocycles. The lowest BCUT2D eigenvalue weighted by molar-refractivity contribution is -0.274. The highest BCUT2D eigenvalue weighted by Crippen LogP contribution is 2.23. The zero-order chi connectivity index (χ0) is 15.5. The molecule has 114 valence electrons. The second-order valence-electron chi connectivity index (χ2n) is 4.75. The van der Waals surface area contributed by atoms with Gasteiger partial charge in [0.1, 0.15) is 17.3 Å². The molecule has 2 aromatic rings. The number of rotatable bonds is 5. The summed E-state index contributed by atoms with van der Waals surface area (Å²) in [5, 5.41) is 3.19.